The molecule has 0 radical (unpaired) electrons. The topological polar surface area (TPSA) is 107 Å². The number of ether oxygens (including phenoxy) is 1. The van der Waals surface area contributed by atoms with Crippen LogP contribution in [-0.4, -0.2) is 55.4 Å². The number of amides is 3. The molecule has 4 N–H and O–H groups in total. The van der Waals surface area contributed by atoms with Crippen LogP contribution in [0.3, 0.4) is 0 Å². The van der Waals surface area contributed by atoms with Crippen molar-refractivity contribution in [2.24, 2.45) is 0 Å². The maximum Gasteiger partial charge on any atom is 0.321 e. The minimum absolute atomic E-state index is 0.165. The van der Waals surface area contributed by atoms with Crippen molar-refractivity contribution in [3.63, 3.8) is 0 Å². The quantitative estimate of drug-likeness (QED) is 0.203. The van der Waals surface area contributed by atoms with Crippen molar-refractivity contribution >= 4 is 28.5 Å². The van der Waals surface area contributed by atoms with E-state index in [4.69, 9.17) is 4.74 Å². The Bertz CT molecular complexity index is 1480. The molecular weight excluding hydrogens is 504 g/mol. The summed E-state index contributed by atoms with van der Waals surface area (Å²) in [5.41, 5.74) is 5.71. The predicted molar refractivity (Wildman–Crippen MR) is 160 cm³/mol. The first-order chi connectivity index (χ1) is 19.4. The summed E-state index contributed by atoms with van der Waals surface area (Å²) < 4.78 is 5.63. The van der Waals surface area contributed by atoms with Crippen LogP contribution in [0.4, 0.5) is 10.5 Å². The van der Waals surface area contributed by atoms with Gasteiger partial charge < -0.3 is 25.5 Å². The number of aliphatic hydroxyl groups excluding tert-OH is 1. The van der Waals surface area contributed by atoms with Gasteiger partial charge in [0, 0.05) is 36.4 Å². The van der Waals surface area contributed by atoms with Crippen LogP contribution in [0.1, 0.15) is 41.3 Å². The number of nitrogens with zero attached hydrogens (tertiary/aromatic N) is 1. The number of para-hydroxylation sites is 1. The molecule has 1 atom stereocenters. The number of aromatic amines is 1. The molecule has 0 spiro atoms. The summed E-state index contributed by atoms with van der Waals surface area (Å²) in [6.07, 6.45) is 4.25. The summed E-state index contributed by atoms with van der Waals surface area (Å²) in [6.45, 7) is 4.39. The Morgan fingerprint density at radius 3 is 2.60 bits per heavy atom. The summed E-state index contributed by atoms with van der Waals surface area (Å²) in [4.78, 5) is 31.1. The van der Waals surface area contributed by atoms with Crippen LogP contribution >= 0.6 is 0 Å². The molecule has 1 aromatic heterocycles. The standard InChI is InChI=1S/C32H38N4O4/c1-5-6-14-36(32(39)33-3)26-11-9-10-22(17-26)23-15-21(2)30(40-4)28(18-23)31(38)35-25(20-37)16-24-19-34-29-13-8-7-12-27(24)29/h7-13,15,17-19,25,34,37H,5-6,14,16,20H2,1-4H3,(H,33,39)(H,35,38)/t25-/m1/s1. The Hall–Kier alpha value is -4.30. The fourth-order valence-electron chi connectivity index (χ4n) is 5.02. The number of hydrogen-bond donors (Lipinski definition) is 4. The van der Waals surface area contributed by atoms with E-state index in [0.717, 1.165) is 51.7 Å². The Labute approximate surface area is 235 Å². The fraction of sp³-hybridized carbons (Fsp3) is 0.312. The van der Waals surface area contributed by atoms with E-state index in [1.165, 1.54) is 0 Å². The lowest BCUT2D eigenvalue weighted by atomic mass is 9.97. The van der Waals surface area contributed by atoms with Gasteiger partial charge in [-0.25, -0.2) is 4.79 Å². The molecule has 0 aliphatic rings. The molecule has 40 heavy (non-hydrogen) atoms. The number of urea groups is 1. The van der Waals surface area contributed by atoms with E-state index >= 15 is 0 Å². The third-order valence-corrected chi connectivity index (χ3v) is 7.11. The highest BCUT2D eigenvalue weighted by Gasteiger charge is 2.21. The van der Waals surface area contributed by atoms with Gasteiger partial charge in [-0.3, -0.25) is 9.69 Å². The van der Waals surface area contributed by atoms with Crippen molar-refractivity contribution in [2.75, 3.05) is 32.2 Å². The van der Waals surface area contributed by atoms with Crippen molar-refractivity contribution in [1.82, 2.24) is 15.6 Å². The van der Waals surface area contributed by atoms with Gasteiger partial charge in [0.2, 0.25) is 0 Å². The normalized spacial score (nSPS) is 11.7. The van der Waals surface area contributed by atoms with E-state index in [9.17, 15) is 14.7 Å². The van der Waals surface area contributed by atoms with Crippen LogP contribution in [-0.2, 0) is 6.42 Å². The van der Waals surface area contributed by atoms with Gasteiger partial charge in [-0.1, -0.05) is 43.7 Å². The number of anilines is 1. The average molecular weight is 543 g/mol. The molecular formula is C32H38N4O4. The molecule has 4 rings (SSSR count). The van der Waals surface area contributed by atoms with Gasteiger partial charge in [0.05, 0.1) is 25.3 Å². The molecule has 8 nitrogen and oxygen atoms in total. The van der Waals surface area contributed by atoms with Crippen LogP contribution < -0.4 is 20.3 Å². The Morgan fingerprint density at radius 1 is 1.07 bits per heavy atom. The molecule has 0 saturated heterocycles. The fourth-order valence-corrected chi connectivity index (χ4v) is 5.02. The number of H-pyrrole nitrogens is 1. The van der Waals surface area contributed by atoms with Crippen LogP contribution in [0.5, 0.6) is 5.75 Å². The zero-order valence-corrected chi connectivity index (χ0v) is 23.6. The van der Waals surface area contributed by atoms with Crippen LogP contribution in [0, 0.1) is 6.92 Å². The van der Waals surface area contributed by atoms with Crippen molar-refractivity contribution < 1.29 is 19.4 Å². The molecule has 0 aliphatic heterocycles. The van der Waals surface area contributed by atoms with E-state index in [1.807, 2.05) is 67.7 Å². The number of nitrogens with one attached hydrogen (secondary N) is 3. The third kappa shape index (κ3) is 6.29. The molecule has 3 amide bonds. The first-order valence-electron chi connectivity index (χ1n) is 13.6. The number of unbranched alkanes of at least 4 members (excludes halogenated alkanes) is 1. The van der Waals surface area contributed by atoms with E-state index in [-0.39, 0.29) is 18.5 Å². The molecule has 1 heterocycles. The highest BCUT2D eigenvalue weighted by Crippen LogP contribution is 2.32. The number of carbonyl (C=O) groups is 2. The highest BCUT2D eigenvalue weighted by molar-refractivity contribution is 5.99. The van der Waals surface area contributed by atoms with Gasteiger partial charge in [-0.15, -0.1) is 0 Å². The summed E-state index contributed by atoms with van der Waals surface area (Å²) >= 11 is 0. The monoisotopic (exact) mass is 542 g/mol. The Balaban J connectivity index is 1.63. The number of aliphatic hydroxyl groups is 1. The summed E-state index contributed by atoms with van der Waals surface area (Å²) in [6, 6.07) is 18.8. The lowest BCUT2D eigenvalue weighted by Crippen LogP contribution is -2.39. The van der Waals surface area contributed by atoms with Crippen molar-refractivity contribution in [3.8, 4) is 16.9 Å². The number of methoxy groups -OCH3 is 1. The lowest BCUT2D eigenvalue weighted by molar-refractivity contribution is 0.0913. The second kappa shape index (κ2) is 13.2. The molecule has 0 saturated carbocycles. The maximum atomic E-state index is 13.6. The first-order valence-corrected chi connectivity index (χ1v) is 13.6. The minimum atomic E-state index is -0.483. The number of carbonyl (C=O) groups excluding carboxylic acids is 2. The number of aryl methyl sites for hydroxylation is 1. The van der Waals surface area contributed by atoms with Crippen molar-refractivity contribution in [2.45, 2.75) is 39.2 Å². The number of fused-ring (bicyclic) bond motifs is 1. The van der Waals surface area contributed by atoms with Gasteiger partial charge in [-0.05, 0) is 72.4 Å². The summed E-state index contributed by atoms with van der Waals surface area (Å²) in [7, 11) is 3.17. The van der Waals surface area contributed by atoms with Crippen LogP contribution in [0.15, 0.2) is 66.9 Å². The lowest BCUT2D eigenvalue weighted by Gasteiger charge is -2.23. The summed E-state index contributed by atoms with van der Waals surface area (Å²) in [5.74, 6) is 0.155. The predicted octanol–water partition coefficient (Wildman–Crippen LogP) is 5.43. The van der Waals surface area contributed by atoms with Gasteiger partial charge in [0.1, 0.15) is 5.75 Å². The maximum absolute atomic E-state index is 13.6. The molecule has 0 fully saturated rings. The average Bonchev–Trinajstić information content (AvgIpc) is 3.39. The molecule has 0 bridgehead atoms. The minimum Gasteiger partial charge on any atom is -0.496 e. The second-order valence-electron chi connectivity index (χ2n) is 9.90. The SMILES string of the molecule is CCCCN(C(=O)NC)c1cccc(-c2cc(C)c(OC)c(C(=O)N[C@@H](CO)Cc3c[nH]c4ccccc34)c2)c1. The van der Waals surface area contributed by atoms with E-state index in [0.29, 0.717) is 24.3 Å². The molecule has 0 unspecified atom stereocenters. The smallest absolute Gasteiger partial charge is 0.321 e. The zero-order valence-electron chi connectivity index (χ0n) is 23.6. The van der Waals surface area contributed by atoms with E-state index in [2.05, 4.69) is 22.5 Å². The molecule has 8 heteroatoms. The second-order valence-corrected chi connectivity index (χ2v) is 9.90. The Kier molecular flexibility index (Phi) is 9.45. The Morgan fingerprint density at radius 2 is 1.88 bits per heavy atom. The molecule has 4 aromatic rings. The number of hydrogen-bond acceptors (Lipinski definition) is 4. The van der Waals surface area contributed by atoms with Gasteiger partial charge in [-0.2, -0.15) is 0 Å². The molecule has 0 aliphatic carbocycles. The van der Waals surface area contributed by atoms with E-state index in [1.54, 1.807) is 25.1 Å². The highest BCUT2D eigenvalue weighted by atomic mass is 16.5. The zero-order chi connectivity index (χ0) is 28.6. The van der Waals surface area contributed by atoms with Crippen molar-refractivity contribution in [1.29, 1.82) is 0 Å². The number of benzene rings is 3. The first kappa shape index (κ1) is 28.7. The van der Waals surface area contributed by atoms with Crippen LogP contribution in [0.25, 0.3) is 22.0 Å². The van der Waals surface area contributed by atoms with Gasteiger partial charge >= 0.3 is 6.03 Å². The molecule has 3 aromatic carbocycles. The summed E-state index contributed by atoms with van der Waals surface area (Å²) in [5, 5.41) is 16.9. The number of rotatable bonds is 11. The largest absolute Gasteiger partial charge is 0.496 e. The molecule has 210 valence electrons. The van der Waals surface area contributed by atoms with Gasteiger partial charge in [0.15, 0.2) is 0 Å². The van der Waals surface area contributed by atoms with Crippen molar-refractivity contribution in [3.05, 3.63) is 83.6 Å². The van der Waals surface area contributed by atoms with Crippen LogP contribution in [0.2, 0.25) is 0 Å². The van der Waals surface area contributed by atoms with Gasteiger partial charge in [0.25, 0.3) is 5.91 Å². The third-order valence-electron chi connectivity index (χ3n) is 7.11. The van der Waals surface area contributed by atoms with E-state index < -0.39 is 6.04 Å². The number of aromatic nitrogens is 1.